The number of carbonyl (C=O) groups excluding carboxylic acids is 1. The van der Waals surface area contributed by atoms with Crippen LogP contribution in [0.2, 0.25) is 10.0 Å². The molecule has 0 atom stereocenters. The summed E-state index contributed by atoms with van der Waals surface area (Å²) in [4.78, 5) is 12.2. The molecule has 0 aliphatic rings. The lowest BCUT2D eigenvalue weighted by Crippen LogP contribution is -2.14. The van der Waals surface area contributed by atoms with Crippen molar-refractivity contribution in [1.82, 2.24) is 0 Å². The molecule has 0 heterocycles. The smallest absolute Gasteiger partial charge is 0.261 e. The molecule has 0 saturated carbocycles. The predicted molar refractivity (Wildman–Crippen MR) is 117 cm³/mol. The zero-order valence-corrected chi connectivity index (χ0v) is 17.6. The van der Waals surface area contributed by atoms with Crippen molar-refractivity contribution in [3.63, 3.8) is 0 Å². The van der Waals surface area contributed by atoms with Gasteiger partial charge in [0.2, 0.25) is 5.91 Å². The lowest BCUT2D eigenvalue weighted by molar-refractivity contribution is -0.116. The summed E-state index contributed by atoms with van der Waals surface area (Å²) in [5.74, 6) is -0.142. The van der Waals surface area contributed by atoms with Gasteiger partial charge in [0.25, 0.3) is 10.0 Å². The van der Waals surface area contributed by atoms with Crippen LogP contribution in [0, 0.1) is 0 Å². The number of halogens is 2. The largest absolute Gasteiger partial charge is 0.326 e. The number of hydrogen-bond donors (Lipinski definition) is 2. The third-order valence-corrected chi connectivity index (χ3v) is 5.88. The highest BCUT2D eigenvalue weighted by Crippen LogP contribution is 2.25. The number of benzene rings is 3. The van der Waals surface area contributed by atoms with E-state index in [0.29, 0.717) is 28.6 Å². The van der Waals surface area contributed by atoms with Crippen LogP contribution >= 0.6 is 23.2 Å². The number of amides is 1. The summed E-state index contributed by atoms with van der Waals surface area (Å²) in [6, 6.07) is 20.1. The Bertz CT molecular complexity index is 1080. The third kappa shape index (κ3) is 6.22. The first-order valence-electron chi connectivity index (χ1n) is 8.74. The molecule has 3 aromatic carbocycles. The fourth-order valence-electron chi connectivity index (χ4n) is 2.67. The predicted octanol–water partition coefficient (Wildman–Crippen LogP) is 5.37. The van der Waals surface area contributed by atoms with Crippen molar-refractivity contribution in [2.75, 3.05) is 10.0 Å². The van der Waals surface area contributed by atoms with Gasteiger partial charge in [-0.25, -0.2) is 8.42 Å². The molecule has 1 amide bonds. The lowest BCUT2D eigenvalue weighted by Gasteiger charge is -2.10. The molecule has 0 saturated heterocycles. The first-order chi connectivity index (χ1) is 13.8. The number of hydrogen-bond acceptors (Lipinski definition) is 3. The van der Waals surface area contributed by atoms with Crippen molar-refractivity contribution in [2.24, 2.45) is 0 Å². The van der Waals surface area contributed by atoms with Crippen molar-refractivity contribution in [1.29, 1.82) is 0 Å². The first kappa shape index (κ1) is 21.2. The van der Waals surface area contributed by atoms with E-state index in [9.17, 15) is 13.2 Å². The van der Waals surface area contributed by atoms with E-state index < -0.39 is 10.0 Å². The molecule has 29 heavy (non-hydrogen) atoms. The molecule has 5 nitrogen and oxygen atoms in total. The Balaban J connectivity index is 1.62. The molecule has 0 bridgehead atoms. The second-order valence-corrected chi connectivity index (χ2v) is 8.88. The number of aryl methyl sites for hydroxylation is 1. The zero-order chi connectivity index (χ0) is 20.9. The zero-order valence-electron chi connectivity index (χ0n) is 15.2. The Morgan fingerprint density at radius 1 is 0.828 bits per heavy atom. The van der Waals surface area contributed by atoms with Crippen LogP contribution in [0.15, 0.2) is 77.7 Å². The summed E-state index contributed by atoms with van der Waals surface area (Å²) < 4.78 is 27.5. The van der Waals surface area contributed by atoms with E-state index in [1.807, 2.05) is 30.3 Å². The number of carbonyl (C=O) groups is 1. The van der Waals surface area contributed by atoms with Gasteiger partial charge in [-0.1, -0.05) is 53.5 Å². The highest BCUT2D eigenvalue weighted by atomic mass is 35.5. The average Bonchev–Trinajstić information content (AvgIpc) is 2.66. The van der Waals surface area contributed by atoms with E-state index in [4.69, 9.17) is 23.2 Å². The highest BCUT2D eigenvalue weighted by Gasteiger charge is 2.15. The van der Waals surface area contributed by atoms with Crippen molar-refractivity contribution >= 4 is 50.5 Å². The molecule has 0 aliphatic heterocycles. The number of anilines is 2. The van der Waals surface area contributed by atoms with E-state index in [2.05, 4.69) is 10.0 Å². The van der Waals surface area contributed by atoms with E-state index in [-0.39, 0.29) is 16.5 Å². The number of nitrogens with one attached hydrogen (secondary N) is 2. The summed E-state index contributed by atoms with van der Waals surface area (Å²) in [5.41, 5.74) is 1.87. The highest BCUT2D eigenvalue weighted by molar-refractivity contribution is 7.92. The van der Waals surface area contributed by atoms with Gasteiger partial charge in [0.15, 0.2) is 0 Å². The molecule has 3 aromatic rings. The summed E-state index contributed by atoms with van der Waals surface area (Å²) in [7, 11) is -3.82. The molecule has 0 aromatic heterocycles. The lowest BCUT2D eigenvalue weighted by atomic mass is 10.1. The standard InChI is InChI=1S/C21H18Cl2N2O3S/c22-16-12-17(23)14-19(13-16)25-29(27,28)20-9-7-18(8-10-20)24-21(26)11-6-15-4-2-1-3-5-15/h1-5,7-10,12-14,25H,6,11H2,(H,24,26). The Morgan fingerprint density at radius 3 is 2.07 bits per heavy atom. The molecular weight excluding hydrogens is 431 g/mol. The quantitative estimate of drug-likeness (QED) is 0.510. The molecule has 0 aliphatic carbocycles. The summed E-state index contributed by atoms with van der Waals surface area (Å²) in [6.07, 6.45) is 0.965. The second-order valence-electron chi connectivity index (χ2n) is 6.32. The average molecular weight is 449 g/mol. The van der Waals surface area contributed by atoms with Crippen molar-refractivity contribution in [3.8, 4) is 0 Å². The maximum Gasteiger partial charge on any atom is 0.261 e. The first-order valence-corrected chi connectivity index (χ1v) is 11.0. The van der Waals surface area contributed by atoms with Crippen molar-refractivity contribution in [3.05, 3.63) is 88.4 Å². The van der Waals surface area contributed by atoms with Gasteiger partial charge in [-0.05, 0) is 54.4 Å². The van der Waals surface area contributed by atoms with Crippen LogP contribution in [-0.2, 0) is 21.2 Å². The summed E-state index contributed by atoms with van der Waals surface area (Å²) in [6.45, 7) is 0. The Labute approximate surface area is 179 Å². The minimum atomic E-state index is -3.82. The fourth-order valence-corrected chi connectivity index (χ4v) is 4.24. The van der Waals surface area contributed by atoms with Crippen LogP contribution in [-0.4, -0.2) is 14.3 Å². The molecule has 8 heteroatoms. The Kier molecular flexibility index (Phi) is 6.79. The van der Waals surface area contributed by atoms with Gasteiger partial charge in [0.1, 0.15) is 0 Å². The Hall–Kier alpha value is -2.54. The van der Waals surface area contributed by atoms with E-state index in [1.54, 1.807) is 12.1 Å². The van der Waals surface area contributed by atoms with Gasteiger partial charge in [0.05, 0.1) is 10.6 Å². The van der Waals surface area contributed by atoms with Crippen LogP contribution in [0.25, 0.3) is 0 Å². The molecule has 150 valence electrons. The van der Waals surface area contributed by atoms with Crippen LogP contribution in [0.5, 0.6) is 0 Å². The monoisotopic (exact) mass is 448 g/mol. The maximum absolute atomic E-state index is 12.5. The molecule has 0 fully saturated rings. The third-order valence-electron chi connectivity index (χ3n) is 4.05. The molecule has 0 radical (unpaired) electrons. The number of sulfonamides is 1. The summed E-state index contributed by atoms with van der Waals surface area (Å²) >= 11 is 11.8. The van der Waals surface area contributed by atoms with Crippen LogP contribution in [0.4, 0.5) is 11.4 Å². The van der Waals surface area contributed by atoms with Crippen LogP contribution < -0.4 is 10.0 Å². The fraction of sp³-hybridized carbons (Fsp3) is 0.0952. The van der Waals surface area contributed by atoms with Gasteiger partial charge in [-0.3, -0.25) is 9.52 Å². The SMILES string of the molecule is O=C(CCc1ccccc1)Nc1ccc(S(=O)(=O)Nc2cc(Cl)cc(Cl)c2)cc1. The van der Waals surface area contributed by atoms with E-state index in [0.717, 1.165) is 5.56 Å². The van der Waals surface area contributed by atoms with Gasteiger partial charge in [-0.2, -0.15) is 0 Å². The van der Waals surface area contributed by atoms with E-state index in [1.165, 1.54) is 30.3 Å². The molecular formula is C21H18Cl2N2O3S. The molecule has 0 spiro atoms. The molecule has 3 rings (SSSR count). The molecule has 2 N–H and O–H groups in total. The molecule has 0 unspecified atom stereocenters. The normalized spacial score (nSPS) is 11.1. The van der Waals surface area contributed by atoms with Crippen molar-refractivity contribution < 1.29 is 13.2 Å². The second kappa shape index (κ2) is 9.31. The Morgan fingerprint density at radius 2 is 1.45 bits per heavy atom. The van der Waals surface area contributed by atoms with Gasteiger partial charge < -0.3 is 5.32 Å². The van der Waals surface area contributed by atoms with Gasteiger partial charge in [0, 0.05) is 22.2 Å². The van der Waals surface area contributed by atoms with E-state index >= 15 is 0 Å². The van der Waals surface area contributed by atoms with Gasteiger partial charge in [-0.15, -0.1) is 0 Å². The van der Waals surface area contributed by atoms with Crippen LogP contribution in [0.1, 0.15) is 12.0 Å². The minimum absolute atomic E-state index is 0.0517. The van der Waals surface area contributed by atoms with Gasteiger partial charge >= 0.3 is 0 Å². The van der Waals surface area contributed by atoms with Crippen molar-refractivity contribution in [2.45, 2.75) is 17.7 Å². The summed E-state index contributed by atoms with van der Waals surface area (Å²) in [5, 5.41) is 3.41. The number of rotatable bonds is 7. The van der Waals surface area contributed by atoms with Crippen LogP contribution in [0.3, 0.4) is 0 Å². The topological polar surface area (TPSA) is 75.3 Å². The maximum atomic E-state index is 12.5. The minimum Gasteiger partial charge on any atom is -0.326 e.